The molecule has 29 heavy (non-hydrogen) atoms. The van der Waals surface area contributed by atoms with Crippen LogP contribution in [0, 0.1) is 5.92 Å². The van der Waals surface area contributed by atoms with Gasteiger partial charge in [-0.15, -0.1) is 0 Å². The van der Waals surface area contributed by atoms with E-state index in [-0.39, 0.29) is 24.2 Å². The third-order valence-corrected chi connectivity index (χ3v) is 5.92. The van der Waals surface area contributed by atoms with Gasteiger partial charge in [-0.25, -0.2) is 0 Å². The number of hydrogen-bond donors (Lipinski definition) is 1. The minimum Gasteiger partial charge on any atom is -0.377 e. The molecule has 1 N–H and O–H groups in total. The van der Waals surface area contributed by atoms with Crippen molar-refractivity contribution in [2.45, 2.75) is 45.8 Å². The zero-order chi connectivity index (χ0) is 20.2. The summed E-state index contributed by atoms with van der Waals surface area (Å²) in [5, 5.41) is 3.02. The van der Waals surface area contributed by atoms with Crippen LogP contribution in [0.5, 0.6) is 0 Å². The van der Waals surface area contributed by atoms with Crippen molar-refractivity contribution >= 4 is 17.5 Å². The highest BCUT2D eigenvalue weighted by Gasteiger charge is 2.35. The van der Waals surface area contributed by atoms with Crippen LogP contribution in [0.2, 0.25) is 0 Å². The van der Waals surface area contributed by atoms with Crippen molar-refractivity contribution in [2.24, 2.45) is 5.92 Å². The van der Waals surface area contributed by atoms with E-state index >= 15 is 0 Å². The molecule has 2 aliphatic rings. The molecule has 2 aromatic carbocycles. The monoisotopic (exact) mass is 392 g/mol. The van der Waals surface area contributed by atoms with Crippen LogP contribution in [-0.4, -0.2) is 25.0 Å². The van der Waals surface area contributed by atoms with Crippen LogP contribution in [-0.2, 0) is 40.3 Å². The fourth-order valence-electron chi connectivity index (χ4n) is 4.27. The molecule has 1 fully saturated rings. The van der Waals surface area contributed by atoms with E-state index in [2.05, 4.69) is 17.4 Å². The number of anilines is 1. The molecule has 2 amide bonds. The van der Waals surface area contributed by atoms with Crippen molar-refractivity contribution in [1.29, 1.82) is 0 Å². The number of nitrogens with zero attached hydrogens (tertiary/aromatic N) is 1. The van der Waals surface area contributed by atoms with Crippen LogP contribution in [0.1, 0.15) is 42.0 Å². The molecule has 1 heterocycles. The summed E-state index contributed by atoms with van der Waals surface area (Å²) in [4.78, 5) is 27.1. The number of rotatable bonds is 7. The van der Waals surface area contributed by atoms with Crippen molar-refractivity contribution in [3.63, 3.8) is 0 Å². The number of benzene rings is 2. The Labute approximate surface area is 172 Å². The minimum absolute atomic E-state index is 0.0276. The predicted molar refractivity (Wildman–Crippen MR) is 113 cm³/mol. The van der Waals surface area contributed by atoms with E-state index in [1.807, 2.05) is 37.3 Å². The van der Waals surface area contributed by atoms with E-state index in [1.165, 1.54) is 17.5 Å². The maximum atomic E-state index is 12.7. The van der Waals surface area contributed by atoms with Crippen LogP contribution in [0.15, 0.2) is 42.5 Å². The van der Waals surface area contributed by atoms with Crippen molar-refractivity contribution in [3.05, 3.63) is 64.7 Å². The summed E-state index contributed by atoms with van der Waals surface area (Å²) in [6.45, 7) is 4.06. The Morgan fingerprint density at radius 2 is 1.93 bits per heavy atom. The fraction of sp³-hybridized carbons (Fsp3) is 0.417. The third kappa shape index (κ3) is 4.35. The van der Waals surface area contributed by atoms with Gasteiger partial charge >= 0.3 is 0 Å². The summed E-state index contributed by atoms with van der Waals surface area (Å²) in [6, 6.07) is 14.2. The lowest BCUT2D eigenvalue weighted by atomic mass is 10.1. The maximum Gasteiger partial charge on any atom is 0.227 e. The topological polar surface area (TPSA) is 58.6 Å². The number of fused-ring (bicyclic) bond motifs is 1. The van der Waals surface area contributed by atoms with E-state index in [9.17, 15) is 9.59 Å². The smallest absolute Gasteiger partial charge is 0.227 e. The molecular weight excluding hydrogens is 364 g/mol. The van der Waals surface area contributed by atoms with Gasteiger partial charge in [0.25, 0.3) is 0 Å². The summed E-state index contributed by atoms with van der Waals surface area (Å²) in [6.07, 6.45) is 3.65. The first-order valence-electron chi connectivity index (χ1n) is 10.5. The summed E-state index contributed by atoms with van der Waals surface area (Å²) >= 11 is 0. The maximum absolute atomic E-state index is 12.7. The molecule has 4 rings (SSSR count). The Kier molecular flexibility index (Phi) is 5.95. The molecule has 5 heteroatoms. The molecule has 0 saturated carbocycles. The summed E-state index contributed by atoms with van der Waals surface area (Å²) in [5.41, 5.74) is 5.79. The molecule has 0 radical (unpaired) electrons. The molecule has 1 atom stereocenters. The molecule has 152 valence electrons. The zero-order valence-electron chi connectivity index (χ0n) is 16.9. The first-order valence-corrected chi connectivity index (χ1v) is 10.5. The van der Waals surface area contributed by atoms with E-state index in [0.29, 0.717) is 26.3 Å². The second-order valence-electron chi connectivity index (χ2n) is 7.84. The number of nitrogens with one attached hydrogen (secondary N) is 1. The number of aryl methyl sites for hydroxylation is 2. The van der Waals surface area contributed by atoms with Gasteiger partial charge in [-0.2, -0.15) is 0 Å². The molecule has 0 aromatic heterocycles. The van der Waals surface area contributed by atoms with Gasteiger partial charge in [0, 0.05) is 31.8 Å². The highest BCUT2D eigenvalue weighted by atomic mass is 16.5. The van der Waals surface area contributed by atoms with Gasteiger partial charge in [0.2, 0.25) is 11.8 Å². The zero-order valence-corrected chi connectivity index (χ0v) is 16.9. The predicted octanol–water partition coefficient (Wildman–Crippen LogP) is 3.38. The molecule has 5 nitrogen and oxygen atoms in total. The molecule has 1 saturated heterocycles. The van der Waals surface area contributed by atoms with Crippen molar-refractivity contribution < 1.29 is 14.3 Å². The number of carbonyl (C=O) groups excluding carboxylic acids is 2. The molecule has 1 aliphatic heterocycles. The lowest BCUT2D eigenvalue weighted by Gasteiger charge is -2.18. The summed E-state index contributed by atoms with van der Waals surface area (Å²) in [7, 11) is 0. The van der Waals surface area contributed by atoms with Crippen LogP contribution in [0.3, 0.4) is 0 Å². The van der Waals surface area contributed by atoms with Gasteiger partial charge in [0.1, 0.15) is 0 Å². The average Bonchev–Trinajstić information content (AvgIpc) is 3.36. The number of carbonyl (C=O) groups is 2. The summed E-state index contributed by atoms with van der Waals surface area (Å²) in [5.74, 6) is -0.345. The van der Waals surface area contributed by atoms with Crippen LogP contribution >= 0.6 is 0 Å². The third-order valence-electron chi connectivity index (χ3n) is 5.92. The Bertz CT molecular complexity index is 909. The van der Waals surface area contributed by atoms with Crippen LogP contribution in [0.25, 0.3) is 0 Å². The van der Waals surface area contributed by atoms with Gasteiger partial charge in [0.05, 0.1) is 12.5 Å². The van der Waals surface area contributed by atoms with Crippen molar-refractivity contribution in [3.8, 4) is 0 Å². The highest BCUT2D eigenvalue weighted by Crippen LogP contribution is 2.30. The second kappa shape index (κ2) is 8.78. The van der Waals surface area contributed by atoms with Crippen LogP contribution in [0.4, 0.5) is 5.69 Å². The SMILES string of the molecule is CCOCc1ccccc1CNC(=O)[C@@H]1CC(=O)N(c2ccc3c(c2)CCC3)C1. The van der Waals surface area contributed by atoms with Crippen molar-refractivity contribution in [2.75, 3.05) is 18.1 Å². The van der Waals surface area contributed by atoms with Crippen LogP contribution < -0.4 is 10.2 Å². The van der Waals surface area contributed by atoms with E-state index in [1.54, 1.807) is 4.90 Å². The highest BCUT2D eigenvalue weighted by molar-refractivity contribution is 6.00. The molecule has 0 unspecified atom stereocenters. The standard InChI is InChI=1S/C24H28N2O3/c1-2-29-16-20-7-4-3-6-19(20)14-25-24(28)21-13-23(27)26(15-21)22-11-10-17-8-5-9-18(17)12-22/h3-4,6-7,10-12,21H,2,5,8-9,13-16H2,1H3,(H,25,28)/t21-/m1/s1. The second-order valence-corrected chi connectivity index (χ2v) is 7.84. The van der Waals surface area contributed by atoms with E-state index < -0.39 is 0 Å². The van der Waals surface area contributed by atoms with Crippen molar-refractivity contribution in [1.82, 2.24) is 5.32 Å². The van der Waals surface area contributed by atoms with E-state index in [4.69, 9.17) is 4.74 Å². The molecule has 0 spiro atoms. The Morgan fingerprint density at radius 3 is 2.76 bits per heavy atom. The lowest BCUT2D eigenvalue weighted by Crippen LogP contribution is -2.32. The van der Waals surface area contributed by atoms with Gasteiger partial charge < -0.3 is 15.0 Å². The normalized spacial score (nSPS) is 18.2. The molecule has 1 aliphatic carbocycles. The quantitative estimate of drug-likeness (QED) is 0.786. The van der Waals surface area contributed by atoms with Gasteiger partial charge in [-0.1, -0.05) is 30.3 Å². The van der Waals surface area contributed by atoms with Gasteiger partial charge in [-0.05, 0) is 60.6 Å². The molecular formula is C24H28N2O3. The lowest BCUT2D eigenvalue weighted by molar-refractivity contribution is -0.126. The average molecular weight is 392 g/mol. The number of amides is 2. The number of ether oxygens (including phenoxy) is 1. The Hall–Kier alpha value is -2.66. The fourth-order valence-corrected chi connectivity index (χ4v) is 4.27. The first kappa shape index (κ1) is 19.6. The molecule has 2 aromatic rings. The Balaban J connectivity index is 1.37. The van der Waals surface area contributed by atoms with Gasteiger partial charge in [-0.3, -0.25) is 9.59 Å². The number of hydrogen-bond acceptors (Lipinski definition) is 3. The largest absolute Gasteiger partial charge is 0.377 e. The molecule has 0 bridgehead atoms. The first-order chi connectivity index (χ1) is 14.2. The summed E-state index contributed by atoms with van der Waals surface area (Å²) < 4.78 is 5.51. The van der Waals surface area contributed by atoms with Gasteiger partial charge in [0.15, 0.2) is 0 Å². The minimum atomic E-state index is -0.310. The van der Waals surface area contributed by atoms with E-state index in [0.717, 1.165) is 29.7 Å². The Morgan fingerprint density at radius 1 is 1.14 bits per heavy atom.